The van der Waals surface area contributed by atoms with Crippen molar-refractivity contribution in [3.05, 3.63) is 73.7 Å². The van der Waals surface area contributed by atoms with Crippen molar-refractivity contribution in [1.82, 2.24) is 24.4 Å². The van der Waals surface area contributed by atoms with E-state index in [1.807, 2.05) is 18.2 Å². The van der Waals surface area contributed by atoms with E-state index in [-0.39, 0.29) is 11.1 Å². The number of nitrogens with zero attached hydrogens (tertiary/aromatic N) is 5. The first kappa shape index (κ1) is 27.1. The van der Waals surface area contributed by atoms with Crippen LogP contribution in [0.1, 0.15) is 46.9 Å². The van der Waals surface area contributed by atoms with Gasteiger partial charge in [0.05, 0.1) is 11.3 Å². The van der Waals surface area contributed by atoms with Gasteiger partial charge in [0, 0.05) is 50.7 Å². The molecule has 0 bridgehead atoms. The van der Waals surface area contributed by atoms with Gasteiger partial charge in [-0.15, -0.1) is 0 Å². The van der Waals surface area contributed by atoms with Gasteiger partial charge in [-0.25, -0.2) is 19.6 Å². The third-order valence-corrected chi connectivity index (χ3v) is 6.99. The molecule has 0 radical (unpaired) electrons. The van der Waals surface area contributed by atoms with E-state index in [9.17, 15) is 14.4 Å². The maximum atomic E-state index is 12.6. The Morgan fingerprint density at radius 1 is 1.08 bits per heavy atom. The van der Waals surface area contributed by atoms with Crippen molar-refractivity contribution < 1.29 is 9.90 Å². The van der Waals surface area contributed by atoms with Crippen LogP contribution in [0.2, 0.25) is 0 Å². The van der Waals surface area contributed by atoms with Crippen LogP contribution in [0.3, 0.4) is 0 Å². The van der Waals surface area contributed by atoms with E-state index in [0.29, 0.717) is 30.4 Å². The Kier molecular flexibility index (Phi) is 8.57. The molecule has 0 saturated carbocycles. The number of unbranched alkanes of at least 4 members (excludes halogenated alkanes) is 1. The highest BCUT2D eigenvalue weighted by atomic mass is 16.4. The Balaban J connectivity index is 1.24. The van der Waals surface area contributed by atoms with Crippen molar-refractivity contribution in [3.63, 3.8) is 0 Å². The fourth-order valence-electron chi connectivity index (χ4n) is 4.68. The van der Waals surface area contributed by atoms with Gasteiger partial charge in [-0.05, 0) is 62.9 Å². The molecule has 0 atom stereocenters. The topological polar surface area (TPSA) is 136 Å². The van der Waals surface area contributed by atoms with Crippen LogP contribution in [0.5, 0.6) is 0 Å². The van der Waals surface area contributed by atoms with Gasteiger partial charge in [-0.2, -0.15) is 0 Å². The molecule has 2 aromatic heterocycles. The molecule has 1 aliphatic rings. The van der Waals surface area contributed by atoms with Crippen molar-refractivity contribution >= 4 is 23.4 Å². The predicted octanol–water partition coefficient (Wildman–Crippen LogP) is 2.55. The molecule has 11 heteroatoms. The first-order chi connectivity index (χ1) is 18.2. The summed E-state index contributed by atoms with van der Waals surface area (Å²) >= 11 is 0. The fourth-order valence-corrected chi connectivity index (χ4v) is 4.68. The van der Waals surface area contributed by atoms with E-state index in [1.54, 1.807) is 6.92 Å². The van der Waals surface area contributed by atoms with Gasteiger partial charge in [-0.3, -0.25) is 19.2 Å². The molecule has 4 rings (SSSR count). The van der Waals surface area contributed by atoms with Crippen molar-refractivity contribution in [2.24, 2.45) is 0 Å². The van der Waals surface area contributed by atoms with Gasteiger partial charge < -0.3 is 15.3 Å². The first-order valence-electron chi connectivity index (χ1n) is 13.0. The number of piperazine rings is 1. The van der Waals surface area contributed by atoms with E-state index in [1.165, 1.54) is 28.0 Å². The monoisotopic (exact) mass is 521 g/mol. The number of carbonyl (C=O) groups is 1. The zero-order valence-corrected chi connectivity index (χ0v) is 22.2. The van der Waals surface area contributed by atoms with Crippen LogP contribution in [0.25, 0.3) is 0 Å². The maximum absolute atomic E-state index is 12.6. The third-order valence-electron chi connectivity index (χ3n) is 6.99. The second-order valence-corrected chi connectivity index (χ2v) is 9.61. The van der Waals surface area contributed by atoms with Gasteiger partial charge in [-0.1, -0.05) is 13.0 Å². The van der Waals surface area contributed by atoms with E-state index in [4.69, 9.17) is 5.11 Å². The fraction of sp³-hybridized carbons (Fsp3) is 0.444. The Bertz CT molecular complexity index is 1380. The average molecular weight is 522 g/mol. The molecule has 1 fully saturated rings. The molecule has 1 aliphatic heterocycles. The summed E-state index contributed by atoms with van der Waals surface area (Å²) in [5, 5.41) is 12.3. The lowest BCUT2D eigenvalue weighted by molar-refractivity contribution is 0.0695. The quantitative estimate of drug-likeness (QED) is 0.344. The minimum absolute atomic E-state index is 0.119. The van der Waals surface area contributed by atoms with Gasteiger partial charge >= 0.3 is 11.7 Å². The number of benzene rings is 1. The molecule has 202 valence electrons. The van der Waals surface area contributed by atoms with Gasteiger partial charge in [0.15, 0.2) is 0 Å². The highest BCUT2D eigenvalue weighted by Gasteiger charge is 2.20. The number of aryl methyl sites for hydroxylation is 3. The number of aromatic carboxylic acids is 1. The molecule has 0 spiro atoms. The van der Waals surface area contributed by atoms with Gasteiger partial charge in [0.2, 0.25) is 5.95 Å². The minimum atomic E-state index is -1.02. The number of carboxylic acids is 1. The Morgan fingerprint density at radius 2 is 1.82 bits per heavy atom. The molecular formula is C27H35N7O4. The van der Waals surface area contributed by atoms with Crippen LogP contribution in [-0.2, 0) is 13.0 Å². The molecule has 0 amide bonds. The summed E-state index contributed by atoms with van der Waals surface area (Å²) in [6, 6.07) is 7.41. The lowest BCUT2D eigenvalue weighted by Gasteiger charge is -2.34. The predicted molar refractivity (Wildman–Crippen MR) is 147 cm³/mol. The minimum Gasteiger partial charge on any atom is -0.478 e. The van der Waals surface area contributed by atoms with Crippen molar-refractivity contribution in [2.75, 3.05) is 42.9 Å². The standard InChI is InChI=1S/C27H35N7O4/c1-4-20-15-21(8-7-18(20)2)30-23-16-24(35)34(27(38)31-23)10-6-5-9-32-11-13-33(14-12-32)26-28-17-22(25(36)37)19(3)29-26/h7-8,15-17,30H,4-6,9-14H2,1-3H3,(H,31,38)(H,36,37). The highest BCUT2D eigenvalue weighted by molar-refractivity contribution is 5.88. The molecule has 1 aromatic carbocycles. The number of nitrogens with one attached hydrogen (secondary N) is 2. The molecule has 0 unspecified atom stereocenters. The van der Waals surface area contributed by atoms with Gasteiger partial charge in [0.25, 0.3) is 5.56 Å². The van der Waals surface area contributed by atoms with Crippen LogP contribution in [-0.4, -0.2) is 68.2 Å². The zero-order valence-electron chi connectivity index (χ0n) is 22.2. The summed E-state index contributed by atoms with van der Waals surface area (Å²) in [7, 11) is 0. The van der Waals surface area contributed by atoms with E-state index in [2.05, 4.69) is 43.9 Å². The first-order valence-corrected chi connectivity index (χ1v) is 13.0. The van der Waals surface area contributed by atoms with E-state index < -0.39 is 11.7 Å². The van der Waals surface area contributed by atoms with E-state index in [0.717, 1.165) is 51.3 Å². The van der Waals surface area contributed by atoms with Crippen LogP contribution >= 0.6 is 0 Å². The largest absolute Gasteiger partial charge is 0.478 e. The second kappa shape index (κ2) is 12.0. The summed E-state index contributed by atoms with van der Waals surface area (Å²) < 4.78 is 1.25. The van der Waals surface area contributed by atoms with E-state index >= 15 is 0 Å². The number of hydrogen-bond donors (Lipinski definition) is 3. The summed E-state index contributed by atoms with van der Waals surface area (Å²) in [5.74, 6) is -0.0860. The summed E-state index contributed by atoms with van der Waals surface area (Å²) in [6.45, 7) is 10.2. The number of aromatic nitrogens is 4. The summed E-state index contributed by atoms with van der Waals surface area (Å²) in [4.78, 5) is 52.1. The third kappa shape index (κ3) is 6.46. The van der Waals surface area contributed by atoms with Crippen molar-refractivity contribution in [2.45, 2.75) is 46.6 Å². The maximum Gasteiger partial charge on any atom is 0.339 e. The Hall–Kier alpha value is -3.99. The SMILES string of the molecule is CCc1cc(Nc2cc(=O)n(CCCCN3CCN(c4ncc(C(=O)O)c(C)n4)CC3)c(=O)[nH]2)ccc1C. The van der Waals surface area contributed by atoms with Crippen LogP contribution in [0.4, 0.5) is 17.5 Å². The number of rotatable bonds is 10. The second-order valence-electron chi connectivity index (χ2n) is 9.61. The number of anilines is 3. The van der Waals surface area contributed by atoms with Crippen LogP contribution in [0.15, 0.2) is 40.1 Å². The smallest absolute Gasteiger partial charge is 0.339 e. The molecule has 3 heterocycles. The summed E-state index contributed by atoms with van der Waals surface area (Å²) in [6.07, 6.45) is 3.85. The number of aromatic amines is 1. The van der Waals surface area contributed by atoms with Crippen LogP contribution in [0, 0.1) is 13.8 Å². The molecule has 1 saturated heterocycles. The molecular weight excluding hydrogens is 486 g/mol. The molecule has 3 aromatic rings. The molecule has 38 heavy (non-hydrogen) atoms. The van der Waals surface area contributed by atoms with Crippen molar-refractivity contribution in [3.8, 4) is 0 Å². The lowest BCUT2D eigenvalue weighted by atomic mass is 10.1. The summed E-state index contributed by atoms with van der Waals surface area (Å²) in [5.41, 5.74) is 3.09. The normalized spacial score (nSPS) is 14.0. The van der Waals surface area contributed by atoms with Crippen molar-refractivity contribution in [1.29, 1.82) is 0 Å². The van der Waals surface area contributed by atoms with Crippen LogP contribution < -0.4 is 21.5 Å². The molecule has 3 N–H and O–H groups in total. The number of hydrogen-bond acceptors (Lipinski definition) is 8. The average Bonchev–Trinajstić information content (AvgIpc) is 2.89. The number of H-pyrrole nitrogens is 1. The number of carboxylic acid groups (broad SMARTS) is 1. The Labute approximate surface area is 221 Å². The zero-order chi connectivity index (χ0) is 27.2. The highest BCUT2D eigenvalue weighted by Crippen LogP contribution is 2.18. The van der Waals surface area contributed by atoms with Gasteiger partial charge in [0.1, 0.15) is 5.82 Å². The molecule has 11 nitrogen and oxygen atoms in total. The Morgan fingerprint density at radius 3 is 2.47 bits per heavy atom. The lowest BCUT2D eigenvalue weighted by Crippen LogP contribution is -2.47. The molecule has 0 aliphatic carbocycles.